The number of hydrogen-bond donors (Lipinski definition) is 2. The largest absolute Gasteiger partial charge is 0.493 e. The molecule has 0 unspecified atom stereocenters. The zero-order valence-electron chi connectivity index (χ0n) is 16.6. The SMILES string of the molecule is CN=C(NCc1ccc(C)cc1OCC1CC1)NCC(C)(C)N(C)C. The van der Waals surface area contributed by atoms with Gasteiger partial charge in [0, 0.05) is 31.2 Å². The minimum Gasteiger partial charge on any atom is -0.493 e. The number of hydrogen-bond acceptors (Lipinski definition) is 3. The van der Waals surface area contributed by atoms with E-state index in [-0.39, 0.29) is 5.54 Å². The van der Waals surface area contributed by atoms with Gasteiger partial charge in [0.05, 0.1) is 6.61 Å². The Bertz CT molecular complexity index is 591. The molecule has 140 valence electrons. The zero-order chi connectivity index (χ0) is 18.4. The number of benzene rings is 1. The number of aliphatic imine (C=N–C) groups is 1. The summed E-state index contributed by atoms with van der Waals surface area (Å²) < 4.78 is 6.05. The molecule has 0 saturated heterocycles. The maximum atomic E-state index is 6.05. The van der Waals surface area contributed by atoms with Crippen LogP contribution in [0.15, 0.2) is 23.2 Å². The van der Waals surface area contributed by atoms with E-state index in [0.29, 0.717) is 6.54 Å². The fraction of sp³-hybridized carbons (Fsp3) is 0.650. The average Bonchev–Trinajstić information content (AvgIpc) is 3.38. The number of guanidine groups is 1. The van der Waals surface area contributed by atoms with Gasteiger partial charge in [0.1, 0.15) is 5.75 Å². The summed E-state index contributed by atoms with van der Waals surface area (Å²) in [5.41, 5.74) is 2.45. The Balaban J connectivity index is 1.91. The first-order valence-corrected chi connectivity index (χ1v) is 9.16. The van der Waals surface area contributed by atoms with Gasteiger partial charge in [-0.1, -0.05) is 12.1 Å². The molecule has 1 fully saturated rings. The molecule has 0 amide bonds. The molecule has 5 nitrogen and oxygen atoms in total. The van der Waals surface area contributed by atoms with Gasteiger partial charge in [-0.05, 0) is 65.3 Å². The Morgan fingerprint density at radius 3 is 2.60 bits per heavy atom. The molecule has 1 aliphatic rings. The van der Waals surface area contributed by atoms with E-state index in [1.54, 1.807) is 7.05 Å². The summed E-state index contributed by atoms with van der Waals surface area (Å²) in [5.74, 6) is 2.55. The van der Waals surface area contributed by atoms with Crippen LogP contribution in [0.3, 0.4) is 0 Å². The topological polar surface area (TPSA) is 48.9 Å². The lowest BCUT2D eigenvalue weighted by Gasteiger charge is -2.33. The van der Waals surface area contributed by atoms with Crippen LogP contribution < -0.4 is 15.4 Å². The van der Waals surface area contributed by atoms with Gasteiger partial charge in [-0.2, -0.15) is 0 Å². The van der Waals surface area contributed by atoms with E-state index in [1.807, 2.05) is 0 Å². The fourth-order valence-corrected chi connectivity index (χ4v) is 2.29. The van der Waals surface area contributed by atoms with Crippen LogP contribution in [0, 0.1) is 12.8 Å². The molecule has 0 heterocycles. The van der Waals surface area contributed by atoms with Crippen molar-refractivity contribution in [2.24, 2.45) is 10.9 Å². The highest BCUT2D eigenvalue weighted by molar-refractivity contribution is 5.79. The van der Waals surface area contributed by atoms with Crippen molar-refractivity contribution in [3.63, 3.8) is 0 Å². The monoisotopic (exact) mass is 346 g/mol. The van der Waals surface area contributed by atoms with Crippen LogP contribution in [-0.4, -0.2) is 50.7 Å². The van der Waals surface area contributed by atoms with E-state index < -0.39 is 0 Å². The summed E-state index contributed by atoms with van der Waals surface area (Å²) in [6.45, 7) is 8.86. The predicted molar refractivity (Wildman–Crippen MR) is 105 cm³/mol. The van der Waals surface area contributed by atoms with Crippen LogP contribution in [0.1, 0.15) is 37.8 Å². The van der Waals surface area contributed by atoms with Gasteiger partial charge >= 0.3 is 0 Å². The van der Waals surface area contributed by atoms with Crippen LogP contribution >= 0.6 is 0 Å². The zero-order valence-corrected chi connectivity index (χ0v) is 16.6. The predicted octanol–water partition coefficient (Wildman–Crippen LogP) is 2.79. The molecular formula is C20H34N4O. The molecule has 1 aromatic carbocycles. The molecule has 2 N–H and O–H groups in total. The molecule has 0 aliphatic heterocycles. The highest BCUT2D eigenvalue weighted by atomic mass is 16.5. The maximum absolute atomic E-state index is 6.05. The van der Waals surface area contributed by atoms with E-state index in [1.165, 1.54) is 24.0 Å². The first kappa shape index (κ1) is 19.6. The number of ether oxygens (including phenoxy) is 1. The highest BCUT2D eigenvalue weighted by Crippen LogP contribution is 2.30. The normalized spacial score (nSPS) is 15.4. The van der Waals surface area contributed by atoms with Crippen LogP contribution in [0.5, 0.6) is 5.75 Å². The lowest BCUT2D eigenvalue weighted by Crippen LogP contribution is -2.50. The van der Waals surface area contributed by atoms with E-state index >= 15 is 0 Å². The maximum Gasteiger partial charge on any atom is 0.191 e. The molecule has 2 rings (SSSR count). The van der Waals surface area contributed by atoms with Gasteiger partial charge in [-0.15, -0.1) is 0 Å². The van der Waals surface area contributed by atoms with E-state index in [0.717, 1.165) is 30.8 Å². The third kappa shape index (κ3) is 6.24. The molecule has 0 bridgehead atoms. The third-order valence-electron chi connectivity index (χ3n) is 4.96. The minimum absolute atomic E-state index is 0.0556. The molecule has 0 aromatic heterocycles. The number of nitrogens with zero attached hydrogens (tertiary/aromatic N) is 2. The minimum atomic E-state index is 0.0556. The molecule has 1 saturated carbocycles. The Labute approximate surface area is 152 Å². The highest BCUT2D eigenvalue weighted by Gasteiger charge is 2.23. The Morgan fingerprint density at radius 2 is 2.00 bits per heavy atom. The van der Waals surface area contributed by atoms with Gasteiger partial charge in [0.2, 0.25) is 0 Å². The van der Waals surface area contributed by atoms with Gasteiger partial charge in [0.15, 0.2) is 5.96 Å². The van der Waals surface area contributed by atoms with E-state index in [2.05, 4.69) is 73.6 Å². The number of nitrogens with one attached hydrogen (secondary N) is 2. The number of aryl methyl sites for hydroxylation is 1. The summed E-state index contributed by atoms with van der Waals surface area (Å²) in [5, 5.41) is 6.81. The smallest absolute Gasteiger partial charge is 0.191 e. The molecule has 1 aliphatic carbocycles. The second-order valence-electron chi connectivity index (χ2n) is 7.85. The molecule has 1 aromatic rings. The molecule has 0 spiro atoms. The van der Waals surface area contributed by atoms with E-state index in [9.17, 15) is 0 Å². The quantitative estimate of drug-likeness (QED) is 0.561. The Morgan fingerprint density at radius 1 is 1.28 bits per heavy atom. The number of rotatable bonds is 8. The molecule has 0 radical (unpaired) electrons. The summed E-state index contributed by atoms with van der Waals surface area (Å²) >= 11 is 0. The first-order valence-electron chi connectivity index (χ1n) is 9.16. The standard InChI is InChI=1S/C20H34N4O/c1-15-7-10-17(18(11-15)25-13-16-8-9-16)12-22-19(21-4)23-14-20(2,3)24(5)6/h7,10-11,16H,8-9,12-14H2,1-6H3,(H2,21,22,23). The lowest BCUT2D eigenvalue weighted by atomic mass is 10.0. The van der Waals surface area contributed by atoms with Crippen molar-refractivity contribution in [3.8, 4) is 5.75 Å². The van der Waals surface area contributed by atoms with Crippen molar-refractivity contribution in [1.82, 2.24) is 15.5 Å². The fourth-order valence-electron chi connectivity index (χ4n) is 2.29. The van der Waals surface area contributed by atoms with Crippen molar-refractivity contribution >= 4 is 5.96 Å². The van der Waals surface area contributed by atoms with Crippen LogP contribution in [0.25, 0.3) is 0 Å². The number of likely N-dealkylation sites (N-methyl/N-ethyl adjacent to an activating group) is 1. The van der Waals surface area contributed by atoms with Crippen LogP contribution in [0.4, 0.5) is 0 Å². The van der Waals surface area contributed by atoms with Gasteiger partial charge in [-0.25, -0.2) is 0 Å². The van der Waals surface area contributed by atoms with Crippen molar-refractivity contribution in [2.45, 2.75) is 45.7 Å². The van der Waals surface area contributed by atoms with Crippen molar-refractivity contribution in [2.75, 3.05) is 34.3 Å². The summed E-state index contributed by atoms with van der Waals surface area (Å²) in [6, 6.07) is 6.40. The van der Waals surface area contributed by atoms with E-state index in [4.69, 9.17) is 4.74 Å². The van der Waals surface area contributed by atoms with Gasteiger partial charge < -0.3 is 20.3 Å². The van der Waals surface area contributed by atoms with Crippen LogP contribution in [-0.2, 0) is 6.54 Å². The Kier molecular flexibility index (Phi) is 6.71. The third-order valence-corrected chi connectivity index (χ3v) is 4.96. The van der Waals surface area contributed by atoms with Gasteiger partial charge in [-0.3, -0.25) is 4.99 Å². The summed E-state index contributed by atoms with van der Waals surface area (Å²) in [6.07, 6.45) is 2.61. The Hall–Kier alpha value is -1.75. The second kappa shape index (κ2) is 8.56. The summed E-state index contributed by atoms with van der Waals surface area (Å²) in [7, 11) is 5.99. The lowest BCUT2D eigenvalue weighted by molar-refractivity contribution is 0.197. The average molecular weight is 347 g/mol. The molecule has 0 atom stereocenters. The first-order chi connectivity index (χ1) is 11.8. The molecular weight excluding hydrogens is 312 g/mol. The van der Waals surface area contributed by atoms with Crippen molar-refractivity contribution in [1.29, 1.82) is 0 Å². The molecule has 25 heavy (non-hydrogen) atoms. The van der Waals surface area contributed by atoms with Gasteiger partial charge in [0.25, 0.3) is 0 Å². The van der Waals surface area contributed by atoms with Crippen LogP contribution in [0.2, 0.25) is 0 Å². The summed E-state index contributed by atoms with van der Waals surface area (Å²) in [4.78, 5) is 6.54. The second-order valence-corrected chi connectivity index (χ2v) is 7.85. The molecule has 5 heteroatoms. The van der Waals surface area contributed by atoms with Crippen molar-refractivity contribution in [3.05, 3.63) is 29.3 Å². The van der Waals surface area contributed by atoms with Crippen molar-refractivity contribution < 1.29 is 4.74 Å².